The number of carbonyl (C=O) groups is 2. The maximum Gasteiger partial charge on any atom is 0.258 e. The van der Waals surface area contributed by atoms with Crippen LogP contribution in [0.5, 0.6) is 0 Å². The van der Waals surface area contributed by atoms with E-state index in [-0.39, 0.29) is 11.8 Å². The molecule has 0 saturated heterocycles. The molecule has 2 amide bonds. The minimum absolute atomic E-state index is 0.300. The van der Waals surface area contributed by atoms with Crippen molar-refractivity contribution in [1.29, 1.82) is 0 Å². The first-order chi connectivity index (χ1) is 12.2. The van der Waals surface area contributed by atoms with Gasteiger partial charge in [-0.3, -0.25) is 14.9 Å². The summed E-state index contributed by atoms with van der Waals surface area (Å²) in [6.07, 6.45) is 14.9. The van der Waals surface area contributed by atoms with Crippen molar-refractivity contribution in [1.82, 2.24) is 5.32 Å². The van der Waals surface area contributed by atoms with Gasteiger partial charge in [0.2, 0.25) is 0 Å². The third-order valence-corrected chi connectivity index (χ3v) is 8.64. The average Bonchev–Trinajstić information content (AvgIpc) is 2.97. The Hall–Kier alpha value is -0.940. The van der Waals surface area contributed by atoms with Gasteiger partial charge in [-0.05, 0) is 37.8 Å². The quantitative estimate of drug-likeness (QED) is 0.550. The smallest absolute Gasteiger partial charge is 0.258 e. The first kappa shape index (κ1) is 18.8. The molecule has 1 aromatic carbocycles. The Balaban J connectivity index is 0.000000150. The zero-order valence-corrected chi connectivity index (χ0v) is 16.3. The van der Waals surface area contributed by atoms with Crippen LogP contribution < -0.4 is 5.32 Å². The Bertz CT molecular complexity index is 542. The lowest BCUT2D eigenvalue weighted by Crippen LogP contribution is -2.19. The highest BCUT2D eigenvalue weighted by atomic mass is 33.1. The van der Waals surface area contributed by atoms with Crippen molar-refractivity contribution < 1.29 is 9.59 Å². The second-order valence-corrected chi connectivity index (χ2v) is 9.91. The van der Waals surface area contributed by atoms with Crippen LogP contribution in [-0.4, -0.2) is 22.3 Å². The van der Waals surface area contributed by atoms with Crippen LogP contribution in [-0.2, 0) is 0 Å². The van der Waals surface area contributed by atoms with E-state index < -0.39 is 0 Å². The van der Waals surface area contributed by atoms with Gasteiger partial charge in [-0.25, -0.2) is 0 Å². The van der Waals surface area contributed by atoms with E-state index in [1.807, 2.05) is 0 Å². The Morgan fingerprint density at radius 3 is 1.48 bits per heavy atom. The van der Waals surface area contributed by atoms with Crippen molar-refractivity contribution in [3.8, 4) is 0 Å². The van der Waals surface area contributed by atoms with Crippen LogP contribution in [0.15, 0.2) is 24.3 Å². The van der Waals surface area contributed by atoms with Crippen LogP contribution in [0, 0.1) is 0 Å². The highest BCUT2D eigenvalue weighted by Crippen LogP contribution is 2.42. The van der Waals surface area contributed by atoms with Gasteiger partial charge in [0.15, 0.2) is 0 Å². The lowest BCUT2D eigenvalue weighted by atomic mass is 10.0. The van der Waals surface area contributed by atoms with Gasteiger partial charge in [-0.1, -0.05) is 72.2 Å². The van der Waals surface area contributed by atoms with Gasteiger partial charge < -0.3 is 0 Å². The van der Waals surface area contributed by atoms with Crippen LogP contribution in [0.4, 0.5) is 0 Å². The fourth-order valence-corrected chi connectivity index (χ4v) is 7.06. The normalized spacial score (nSPS) is 21.3. The summed E-state index contributed by atoms with van der Waals surface area (Å²) in [4.78, 5) is 21.9. The fourth-order valence-electron chi connectivity index (χ4n) is 3.60. The molecule has 0 spiro atoms. The third-order valence-electron chi connectivity index (χ3n) is 5.08. The molecule has 136 valence electrons. The molecule has 1 heterocycles. The summed E-state index contributed by atoms with van der Waals surface area (Å²) >= 11 is 0. The molecular weight excluding hydrogens is 350 g/mol. The highest BCUT2D eigenvalue weighted by Gasteiger charge is 2.25. The fraction of sp³-hybridized carbons (Fsp3) is 0.600. The number of nitrogens with one attached hydrogen (secondary N) is 1. The summed E-state index contributed by atoms with van der Waals surface area (Å²) in [7, 11) is 4.44. The maximum absolute atomic E-state index is 10.9. The predicted molar refractivity (Wildman–Crippen MR) is 107 cm³/mol. The van der Waals surface area contributed by atoms with Crippen LogP contribution in [0.3, 0.4) is 0 Å². The number of hydrogen-bond donors (Lipinski definition) is 1. The predicted octanol–water partition coefficient (Wildman–Crippen LogP) is 5.60. The largest absolute Gasteiger partial charge is 0.288 e. The van der Waals surface area contributed by atoms with Gasteiger partial charge in [-0.15, -0.1) is 0 Å². The summed E-state index contributed by atoms with van der Waals surface area (Å²) in [6, 6.07) is 6.74. The lowest BCUT2D eigenvalue weighted by molar-refractivity contribution is 0.0879. The Labute approximate surface area is 158 Å². The molecule has 2 saturated carbocycles. The molecule has 0 aromatic heterocycles. The first-order valence-corrected chi connectivity index (χ1v) is 11.8. The molecule has 4 rings (SSSR count). The summed E-state index contributed by atoms with van der Waals surface area (Å²) < 4.78 is 0. The minimum Gasteiger partial charge on any atom is -0.288 e. The number of amides is 2. The van der Waals surface area contributed by atoms with Gasteiger partial charge in [0.05, 0.1) is 11.1 Å². The zero-order valence-electron chi connectivity index (χ0n) is 14.7. The lowest BCUT2D eigenvalue weighted by Gasteiger charge is -2.25. The Morgan fingerprint density at radius 1 is 0.680 bits per heavy atom. The zero-order chi connectivity index (χ0) is 17.5. The molecule has 25 heavy (non-hydrogen) atoms. The van der Waals surface area contributed by atoms with Gasteiger partial charge in [-0.2, -0.15) is 0 Å². The molecule has 0 atom stereocenters. The molecule has 0 unspecified atom stereocenters. The molecule has 0 bridgehead atoms. The molecule has 1 N–H and O–H groups in total. The topological polar surface area (TPSA) is 46.2 Å². The van der Waals surface area contributed by atoms with Gasteiger partial charge >= 0.3 is 0 Å². The second-order valence-electron chi connectivity index (χ2n) is 7.04. The van der Waals surface area contributed by atoms with Crippen LogP contribution in [0.25, 0.3) is 0 Å². The number of benzene rings is 1. The molecule has 1 aliphatic heterocycles. The molecule has 1 aromatic rings. The molecule has 5 heteroatoms. The van der Waals surface area contributed by atoms with E-state index in [0.717, 1.165) is 10.5 Å². The number of rotatable bonds is 3. The third kappa shape index (κ3) is 5.52. The number of hydrogen-bond acceptors (Lipinski definition) is 4. The number of fused-ring (bicyclic) bond motifs is 1. The summed E-state index contributed by atoms with van der Waals surface area (Å²) in [5.74, 6) is -0.601. The standard InChI is InChI=1S/C12H22S2.C8H5NO2/c1-3-7-11(8-4-1)13-14-12-9-5-2-6-10-12;10-7-5-3-1-2-4-6(5)8(11)9-7/h11-12H,1-10H2;1-4H,(H,9,10,11). The van der Waals surface area contributed by atoms with Crippen LogP contribution >= 0.6 is 21.6 Å². The second kappa shape index (κ2) is 9.67. The molecular formula is C20H27NO2S2. The number of imide groups is 1. The van der Waals surface area contributed by atoms with Crippen molar-refractivity contribution in [2.75, 3.05) is 0 Å². The molecule has 2 fully saturated rings. The van der Waals surface area contributed by atoms with Crippen LogP contribution in [0.1, 0.15) is 84.9 Å². The van der Waals surface area contributed by atoms with Crippen molar-refractivity contribution >= 4 is 33.4 Å². The SMILES string of the molecule is C1CCC(SSC2CCCCC2)CC1.O=C1NC(=O)c2ccccc21. The Kier molecular flexibility index (Phi) is 7.29. The van der Waals surface area contributed by atoms with E-state index in [9.17, 15) is 9.59 Å². The summed E-state index contributed by atoms with van der Waals surface area (Å²) in [5, 5.41) is 4.20. The van der Waals surface area contributed by atoms with Crippen molar-refractivity contribution in [2.24, 2.45) is 0 Å². The van der Waals surface area contributed by atoms with Gasteiger partial charge in [0.1, 0.15) is 0 Å². The van der Waals surface area contributed by atoms with Crippen molar-refractivity contribution in [3.63, 3.8) is 0 Å². The van der Waals surface area contributed by atoms with E-state index in [0.29, 0.717) is 11.1 Å². The maximum atomic E-state index is 10.9. The van der Waals surface area contributed by atoms with E-state index in [4.69, 9.17) is 0 Å². The number of carbonyl (C=O) groups excluding carboxylic acids is 2. The first-order valence-electron chi connectivity index (χ1n) is 9.51. The highest BCUT2D eigenvalue weighted by molar-refractivity contribution is 8.77. The van der Waals surface area contributed by atoms with Crippen molar-refractivity contribution in [3.05, 3.63) is 35.4 Å². The van der Waals surface area contributed by atoms with Crippen LogP contribution in [0.2, 0.25) is 0 Å². The average molecular weight is 378 g/mol. The van der Waals surface area contributed by atoms with E-state index in [2.05, 4.69) is 26.9 Å². The van der Waals surface area contributed by atoms with E-state index >= 15 is 0 Å². The Morgan fingerprint density at radius 2 is 1.08 bits per heavy atom. The monoisotopic (exact) mass is 377 g/mol. The van der Waals surface area contributed by atoms with Gasteiger partial charge in [0.25, 0.3) is 11.8 Å². The van der Waals surface area contributed by atoms with E-state index in [1.165, 1.54) is 64.2 Å². The molecule has 3 nitrogen and oxygen atoms in total. The molecule has 0 radical (unpaired) electrons. The molecule has 3 aliphatic rings. The minimum atomic E-state index is -0.300. The summed E-state index contributed by atoms with van der Waals surface area (Å²) in [6.45, 7) is 0. The summed E-state index contributed by atoms with van der Waals surface area (Å²) in [5.41, 5.74) is 0.940. The molecule has 2 aliphatic carbocycles. The van der Waals surface area contributed by atoms with Crippen molar-refractivity contribution in [2.45, 2.75) is 74.7 Å². The van der Waals surface area contributed by atoms with E-state index in [1.54, 1.807) is 24.3 Å². The van der Waals surface area contributed by atoms with Gasteiger partial charge in [0, 0.05) is 10.5 Å².